The Bertz CT molecular complexity index is 300. The zero-order valence-electron chi connectivity index (χ0n) is 11.7. The summed E-state index contributed by atoms with van der Waals surface area (Å²) in [5.74, 6) is 0.905. The van der Waals surface area contributed by atoms with Gasteiger partial charge in [0.15, 0.2) is 0 Å². The number of nitrogens with zero attached hydrogens (tertiary/aromatic N) is 1. The monoisotopic (exact) mass is 270 g/mol. The molecule has 0 bridgehead atoms. The highest BCUT2D eigenvalue weighted by atomic mass is 32.1. The molecule has 0 amide bonds. The number of hydrogen-bond donors (Lipinski definition) is 1. The zero-order chi connectivity index (χ0) is 13.2. The van der Waals surface area contributed by atoms with E-state index >= 15 is 0 Å². The van der Waals surface area contributed by atoms with Gasteiger partial charge in [-0.2, -0.15) is 0 Å². The van der Waals surface area contributed by atoms with Crippen molar-refractivity contribution in [3.63, 3.8) is 0 Å². The van der Waals surface area contributed by atoms with Crippen LogP contribution in [0.4, 0.5) is 0 Å². The van der Waals surface area contributed by atoms with E-state index in [4.69, 9.17) is 22.7 Å². The molecule has 18 heavy (non-hydrogen) atoms. The van der Waals surface area contributed by atoms with Crippen LogP contribution in [0.25, 0.3) is 0 Å². The molecule has 2 aliphatic carbocycles. The van der Waals surface area contributed by atoms with Crippen LogP contribution in [-0.2, 0) is 4.74 Å². The molecule has 0 aromatic heterocycles. The highest BCUT2D eigenvalue weighted by Gasteiger charge is 2.45. The number of hydrogen-bond acceptors (Lipinski definition) is 3. The Kier molecular flexibility index (Phi) is 4.62. The van der Waals surface area contributed by atoms with Crippen molar-refractivity contribution in [1.82, 2.24) is 4.90 Å². The van der Waals surface area contributed by atoms with Crippen molar-refractivity contribution in [2.24, 2.45) is 17.1 Å². The van der Waals surface area contributed by atoms with Gasteiger partial charge in [-0.05, 0) is 43.9 Å². The smallest absolute Gasteiger partial charge is 0.0733 e. The van der Waals surface area contributed by atoms with Crippen molar-refractivity contribution < 1.29 is 4.74 Å². The van der Waals surface area contributed by atoms with E-state index in [1.54, 1.807) is 7.11 Å². The molecule has 0 spiro atoms. The summed E-state index contributed by atoms with van der Waals surface area (Å²) in [6, 6.07) is 0.684. The van der Waals surface area contributed by atoms with E-state index in [9.17, 15) is 0 Å². The molecule has 0 aliphatic heterocycles. The Morgan fingerprint density at radius 1 is 1.50 bits per heavy atom. The van der Waals surface area contributed by atoms with Crippen LogP contribution in [-0.4, -0.2) is 42.7 Å². The molecule has 0 aromatic rings. The maximum atomic E-state index is 5.73. The molecule has 2 rings (SSSR count). The van der Waals surface area contributed by atoms with E-state index in [0.29, 0.717) is 16.4 Å². The Hall–Kier alpha value is -0.190. The van der Waals surface area contributed by atoms with Crippen LogP contribution < -0.4 is 5.73 Å². The Labute approximate surface area is 116 Å². The number of rotatable bonds is 9. The van der Waals surface area contributed by atoms with Crippen molar-refractivity contribution >= 4 is 17.2 Å². The van der Waals surface area contributed by atoms with Crippen LogP contribution in [0.15, 0.2) is 0 Å². The molecule has 4 heteroatoms. The van der Waals surface area contributed by atoms with Crippen molar-refractivity contribution in [3.05, 3.63) is 0 Å². The van der Waals surface area contributed by atoms with E-state index in [0.717, 1.165) is 32.0 Å². The molecule has 2 fully saturated rings. The van der Waals surface area contributed by atoms with Crippen LogP contribution in [0.3, 0.4) is 0 Å². The van der Waals surface area contributed by atoms with Gasteiger partial charge < -0.3 is 10.5 Å². The zero-order valence-corrected chi connectivity index (χ0v) is 12.5. The first kappa shape index (κ1) is 14.2. The summed E-state index contributed by atoms with van der Waals surface area (Å²) in [7, 11) is 1.78. The van der Waals surface area contributed by atoms with Gasteiger partial charge in [0.1, 0.15) is 0 Å². The number of thiocarbonyl (C=S) groups is 1. The number of nitrogens with two attached hydrogens (primary N) is 1. The van der Waals surface area contributed by atoms with Gasteiger partial charge >= 0.3 is 0 Å². The molecule has 1 atom stereocenters. The molecule has 1 unspecified atom stereocenters. The Morgan fingerprint density at radius 3 is 2.61 bits per heavy atom. The largest absolute Gasteiger partial charge is 0.393 e. The van der Waals surface area contributed by atoms with Crippen LogP contribution in [0.1, 0.15) is 39.0 Å². The molecular weight excluding hydrogens is 244 g/mol. The average molecular weight is 270 g/mol. The van der Waals surface area contributed by atoms with Gasteiger partial charge in [0.2, 0.25) is 0 Å². The third-order valence-corrected chi connectivity index (χ3v) is 4.65. The molecule has 104 valence electrons. The molecule has 0 radical (unpaired) electrons. The molecule has 0 saturated heterocycles. The third-order valence-electron chi connectivity index (χ3n) is 4.51. The summed E-state index contributed by atoms with van der Waals surface area (Å²) < 4.78 is 5.25. The lowest BCUT2D eigenvalue weighted by molar-refractivity contribution is 0.0997. The maximum absolute atomic E-state index is 5.73. The van der Waals surface area contributed by atoms with Gasteiger partial charge in [0, 0.05) is 32.7 Å². The highest BCUT2D eigenvalue weighted by molar-refractivity contribution is 7.80. The summed E-state index contributed by atoms with van der Waals surface area (Å²) in [6.45, 7) is 5.36. The van der Waals surface area contributed by atoms with E-state index in [2.05, 4.69) is 11.8 Å². The second-order valence-corrected chi connectivity index (χ2v) is 6.71. The van der Waals surface area contributed by atoms with Crippen molar-refractivity contribution in [3.8, 4) is 0 Å². The maximum Gasteiger partial charge on any atom is 0.0733 e. The first-order chi connectivity index (χ1) is 8.56. The quantitative estimate of drug-likeness (QED) is 0.652. The summed E-state index contributed by atoms with van der Waals surface area (Å²) in [4.78, 5) is 3.28. The third kappa shape index (κ3) is 3.90. The minimum Gasteiger partial charge on any atom is -0.393 e. The van der Waals surface area contributed by atoms with Gasteiger partial charge in [-0.3, -0.25) is 4.90 Å². The van der Waals surface area contributed by atoms with Crippen LogP contribution >= 0.6 is 12.2 Å². The fourth-order valence-electron chi connectivity index (χ4n) is 2.88. The lowest BCUT2D eigenvalue weighted by atomic mass is 10.00. The van der Waals surface area contributed by atoms with Gasteiger partial charge in [-0.1, -0.05) is 12.2 Å². The predicted octanol–water partition coefficient (Wildman–Crippen LogP) is 2.19. The molecular formula is C14H26N2OS. The van der Waals surface area contributed by atoms with E-state index < -0.39 is 0 Å². The highest BCUT2D eigenvalue weighted by Crippen LogP contribution is 2.50. The molecule has 2 N–H and O–H groups in total. The van der Waals surface area contributed by atoms with Gasteiger partial charge in [0.25, 0.3) is 0 Å². The fraction of sp³-hybridized carbons (Fsp3) is 0.929. The van der Waals surface area contributed by atoms with Gasteiger partial charge in [0.05, 0.1) is 11.6 Å². The van der Waals surface area contributed by atoms with Crippen LogP contribution in [0.5, 0.6) is 0 Å². The second kappa shape index (κ2) is 5.85. The van der Waals surface area contributed by atoms with Crippen LogP contribution in [0, 0.1) is 11.3 Å². The average Bonchev–Trinajstić information content (AvgIpc) is 3.18. The van der Waals surface area contributed by atoms with E-state index in [1.807, 2.05) is 0 Å². The minimum absolute atomic E-state index is 0.392. The summed E-state index contributed by atoms with van der Waals surface area (Å²) in [6.07, 6.45) is 6.28. The second-order valence-electron chi connectivity index (χ2n) is 6.18. The normalized spacial score (nSPS) is 23.1. The molecule has 3 nitrogen and oxygen atoms in total. The number of ether oxygens (including phenoxy) is 1. The predicted molar refractivity (Wildman–Crippen MR) is 78.7 cm³/mol. The summed E-state index contributed by atoms with van der Waals surface area (Å²) in [5.41, 5.74) is 6.12. The molecule has 2 aliphatic rings. The molecule has 2 saturated carbocycles. The Balaban J connectivity index is 1.89. The van der Waals surface area contributed by atoms with Crippen molar-refractivity contribution in [2.75, 3.05) is 26.8 Å². The minimum atomic E-state index is 0.392. The van der Waals surface area contributed by atoms with Gasteiger partial charge in [-0.25, -0.2) is 0 Å². The van der Waals surface area contributed by atoms with Crippen molar-refractivity contribution in [1.29, 1.82) is 0 Å². The van der Waals surface area contributed by atoms with Crippen LogP contribution in [0.2, 0.25) is 0 Å². The summed E-state index contributed by atoms with van der Waals surface area (Å²) in [5, 5.41) is 0. The Morgan fingerprint density at radius 2 is 2.17 bits per heavy atom. The first-order valence-corrected chi connectivity index (χ1v) is 7.48. The SMILES string of the molecule is COCCN(CC1(CC(N)=S)CC1)C(C)C1CC1. The fourth-order valence-corrected chi connectivity index (χ4v) is 3.19. The first-order valence-electron chi connectivity index (χ1n) is 7.08. The van der Waals surface area contributed by atoms with E-state index in [1.165, 1.54) is 25.7 Å². The van der Waals surface area contributed by atoms with E-state index in [-0.39, 0.29) is 0 Å². The topological polar surface area (TPSA) is 38.5 Å². The molecule has 0 heterocycles. The van der Waals surface area contributed by atoms with Gasteiger partial charge in [-0.15, -0.1) is 0 Å². The number of methoxy groups -OCH3 is 1. The summed E-state index contributed by atoms with van der Waals surface area (Å²) >= 11 is 5.09. The lowest BCUT2D eigenvalue weighted by Gasteiger charge is -2.32. The molecule has 0 aromatic carbocycles. The van der Waals surface area contributed by atoms with Crippen molar-refractivity contribution in [2.45, 2.75) is 45.1 Å². The lowest BCUT2D eigenvalue weighted by Crippen LogP contribution is -2.41. The standard InChI is InChI=1S/C14H26N2OS/c1-11(12-3-4-12)16(7-8-17-2)10-14(5-6-14)9-13(15)18/h11-12H,3-10H2,1-2H3,(H2,15,18).